The van der Waals surface area contributed by atoms with Crippen molar-refractivity contribution in [2.45, 2.75) is 18.7 Å². The van der Waals surface area contributed by atoms with Crippen LogP contribution in [0.25, 0.3) is 0 Å². The van der Waals surface area contributed by atoms with Crippen LogP contribution in [0.2, 0.25) is 0 Å². The van der Waals surface area contributed by atoms with E-state index in [9.17, 15) is 9.13 Å². The molecule has 0 saturated carbocycles. The average Bonchev–Trinajstić information content (AvgIpc) is 1.60. The molecule has 0 aliphatic carbocycles. The van der Waals surface area contributed by atoms with Gasteiger partial charge in [0.2, 0.25) is 0 Å². The normalized spacial score (nSPS) is 16.6. The Labute approximate surface area is 59.1 Å². The van der Waals surface area contributed by atoms with E-state index in [4.69, 9.17) is 14.7 Å². The molecule has 0 aromatic rings. The summed E-state index contributed by atoms with van der Waals surface area (Å²) in [6, 6.07) is 0. The standard InChI is InChI=1S/C3H8O5P2/c1-2-3(9(4)5)10(6,7)8/h3H,2H2,1H3,(H2-,4,5,6,7,8)/p+1. The van der Waals surface area contributed by atoms with Crippen LogP contribution in [0.3, 0.4) is 0 Å². The first-order valence-electron chi connectivity index (χ1n) is 2.60. The van der Waals surface area contributed by atoms with Gasteiger partial charge in [-0.2, -0.15) is 4.89 Å². The van der Waals surface area contributed by atoms with E-state index in [1.54, 1.807) is 0 Å². The van der Waals surface area contributed by atoms with Crippen LogP contribution in [-0.4, -0.2) is 20.1 Å². The van der Waals surface area contributed by atoms with Gasteiger partial charge in [0.25, 0.3) is 5.40 Å². The highest BCUT2D eigenvalue weighted by Gasteiger charge is 2.43. The molecule has 0 spiro atoms. The first-order chi connectivity index (χ1) is 4.39. The summed E-state index contributed by atoms with van der Waals surface area (Å²) >= 11 is 0. The van der Waals surface area contributed by atoms with E-state index in [0.29, 0.717) is 0 Å². The van der Waals surface area contributed by atoms with Crippen molar-refractivity contribution in [2.75, 3.05) is 0 Å². The largest absolute Gasteiger partial charge is 0.521 e. The summed E-state index contributed by atoms with van der Waals surface area (Å²) in [4.78, 5) is 25.2. The van der Waals surface area contributed by atoms with Gasteiger partial charge in [0.15, 0.2) is 0 Å². The summed E-state index contributed by atoms with van der Waals surface area (Å²) in [5.74, 6) is 0. The van der Waals surface area contributed by atoms with Gasteiger partial charge in [-0.15, -0.1) is 0 Å². The Morgan fingerprint density at radius 3 is 2.00 bits per heavy atom. The van der Waals surface area contributed by atoms with Gasteiger partial charge in [-0.05, 0) is 4.57 Å². The quantitative estimate of drug-likeness (QED) is 0.563. The van der Waals surface area contributed by atoms with Crippen LogP contribution in [0.5, 0.6) is 0 Å². The third-order valence-electron chi connectivity index (χ3n) is 1.01. The lowest BCUT2D eigenvalue weighted by Crippen LogP contribution is -2.00. The highest BCUT2D eigenvalue weighted by Crippen LogP contribution is 2.53. The predicted molar refractivity (Wildman–Crippen MR) is 35.9 cm³/mol. The molecule has 5 nitrogen and oxygen atoms in total. The van der Waals surface area contributed by atoms with E-state index < -0.39 is 21.0 Å². The van der Waals surface area contributed by atoms with Gasteiger partial charge >= 0.3 is 15.6 Å². The van der Waals surface area contributed by atoms with Gasteiger partial charge in [-0.25, -0.2) is 0 Å². The van der Waals surface area contributed by atoms with Crippen LogP contribution in [0, 0.1) is 0 Å². The summed E-state index contributed by atoms with van der Waals surface area (Å²) in [5.41, 5.74) is 0. The van der Waals surface area contributed by atoms with Gasteiger partial charge in [0.05, 0.1) is 0 Å². The van der Waals surface area contributed by atoms with E-state index >= 15 is 0 Å². The predicted octanol–water partition coefficient (Wildman–Crippen LogP) is 0.635. The Kier molecular flexibility index (Phi) is 3.63. The summed E-state index contributed by atoms with van der Waals surface area (Å²) in [6.45, 7) is 1.45. The zero-order valence-corrected chi connectivity index (χ0v) is 7.13. The second-order valence-corrected chi connectivity index (χ2v) is 5.22. The van der Waals surface area contributed by atoms with E-state index in [1.165, 1.54) is 6.92 Å². The minimum atomic E-state index is -4.37. The first kappa shape index (κ1) is 10.2. The molecule has 0 aliphatic rings. The lowest BCUT2D eigenvalue weighted by Gasteiger charge is -2.02. The molecule has 3 N–H and O–H groups in total. The molecule has 0 aliphatic heterocycles. The monoisotopic (exact) mass is 187 g/mol. The smallest absolute Gasteiger partial charge is 0.321 e. The van der Waals surface area contributed by atoms with Crippen molar-refractivity contribution >= 4 is 15.6 Å². The molecule has 0 heterocycles. The van der Waals surface area contributed by atoms with Crippen molar-refractivity contribution in [3.63, 3.8) is 0 Å². The van der Waals surface area contributed by atoms with Crippen molar-refractivity contribution in [1.82, 2.24) is 0 Å². The Morgan fingerprint density at radius 2 is 2.00 bits per heavy atom. The molecule has 0 fully saturated rings. The minimum Gasteiger partial charge on any atom is -0.321 e. The fourth-order valence-electron chi connectivity index (χ4n) is 0.523. The van der Waals surface area contributed by atoms with Gasteiger partial charge in [-0.1, -0.05) is 6.92 Å². The zero-order valence-electron chi connectivity index (χ0n) is 5.34. The molecule has 0 radical (unpaired) electrons. The van der Waals surface area contributed by atoms with Crippen LogP contribution in [0.15, 0.2) is 0 Å². The van der Waals surface area contributed by atoms with Crippen molar-refractivity contribution < 1.29 is 23.8 Å². The van der Waals surface area contributed by atoms with Crippen LogP contribution in [-0.2, 0) is 9.13 Å². The van der Waals surface area contributed by atoms with E-state index in [-0.39, 0.29) is 6.42 Å². The van der Waals surface area contributed by atoms with Gasteiger partial charge in [0.1, 0.15) is 0 Å². The van der Waals surface area contributed by atoms with Crippen LogP contribution >= 0.6 is 15.6 Å². The molecule has 0 rings (SSSR count). The summed E-state index contributed by atoms with van der Waals surface area (Å²) in [5, 5.41) is -1.40. The van der Waals surface area contributed by atoms with E-state index in [1.807, 2.05) is 0 Å². The van der Waals surface area contributed by atoms with Crippen molar-refractivity contribution in [3.8, 4) is 0 Å². The molecule has 0 saturated heterocycles. The molecule has 10 heavy (non-hydrogen) atoms. The second kappa shape index (κ2) is 3.56. The molecule has 0 bridgehead atoms. The molecule has 2 atom stereocenters. The maximum absolute atomic E-state index is 10.4. The minimum absolute atomic E-state index is 0.00990. The Balaban J connectivity index is 4.38. The molecule has 0 aromatic carbocycles. The highest BCUT2D eigenvalue weighted by atomic mass is 31.2. The van der Waals surface area contributed by atoms with Gasteiger partial charge < -0.3 is 9.79 Å². The SMILES string of the molecule is CCC([P+](=O)O)P(=O)(O)O. The van der Waals surface area contributed by atoms with Crippen molar-refractivity contribution in [3.05, 3.63) is 0 Å². The maximum Gasteiger partial charge on any atom is 0.521 e. The zero-order chi connectivity index (χ0) is 8.36. The van der Waals surface area contributed by atoms with Crippen molar-refractivity contribution in [2.24, 2.45) is 0 Å². The number of rotatable bonds is 3. The van der Waals surface area contributed by atoms with Crippen LogP contribution < -0.4 is 0 Å². The lowest BCUT2D eigenvalue weighted by atomic mass is 10.6. The van der Waals surface area contributed by atoms with Crippen LogP contribution in [0.4, 0.5) is 0 Å². The maximum atomic E-state index is 10.4. The van der Waals surface area contributed by atoms with Gasteiger partial charge in [-0.3, -0.25) is 4.57 Å². The summed E-state index contributed by atoms with van der Waals surface area (Å²) in [7, 11) is -7.13. The molecular weight excluding hydrogens is 178 g/mol. The summed E-state index contributed by atoms with van der Waals surface area (Å²) in [6.07, 6.45) is 0.00990. The fraction of sp³-hybridized carbons (Fsp3) is 1.00. The molecule has 2 unspecified atom stereocenters. The third-order valence-corrected chi connectivity index (χ3v) is 4.52. The third kappa shape index (κ3) is 2.86. The molecule has 7 heteroatoms. The lowest BCUT2D eigenvalue weighted by molar-refractivity contribution is 0.364. The molecule has 60 valence electrons. The van der Waals surface area contributed by atoms with Crippen LogP contribution in [0.1, 0.15) is 13.3 Å². The van der Waals surface area contributed by atoms with E-state index in [2.05, 4.69) is 0 Å². The Hall–Kier alpha value is 0.210. The van der Waals surface area contributed by atoms with E-state index in [0.717, 1.165) is 0 Å². The molecule has 0 amide bonds. The Morgan fingerprint density at radius 1 is 1.60 bits per heavy atom. The highest BCUT2D eigenvalue weighted by molar-refractivity contribution is 7.65. The Bertz CT molecular complexity index is 172. The van der Waals surface area contributed by atoms with Crippen molar-refractivity contribution in [1.29, 1.82) is 0 Å². The van der Waals surface area contributed by atoms with Gasteiger partial charge in [0, 0.05) is 6.42 Å². The fourth-order valence-corrected chi connectivity index (χ4v) is 2.34. The average molecular weight is 187 g/mol. The summed E-state index contributed by atoms with van der Waals surface area (Å²) < 4.78 is 20.6. The molecular formula is C3H9O5P2+. The first-order valence-corrected chi connectivity index (χ1v) is 5.56. The number of hydrogen-bond donors (Lipinski definition) is 3. The topological polar surface area (TPSA) is 94.8 Å². The molecule has 0 aromatic heterocycles. The second-order valence-electron chi connectivity index (χ2n) is 1.78. The number of hydrogen-bond acceptors (Lipinski definition) is 2.